The summed E-state index contributed by atoms with van der Waals surface area (Å²) in [4.78, 5) is 0. The summed E-state index contributed by atoms with van der Waals surface area (Å²) >= 11 is 1.82. The lowest BCUT2D eigenvalue weighted by atomic mass is 10.1. The minimum Gasteiger partial charge on any atom is -0.497 e. The SMILES string of the molecule is C=CCSCC=C.C=CCc1ccc(OC)cc1. The van der Waals surface area contributed by atoms with Crippen LogP contribution in [0.1, 0.15) is 5.56 Å². The number of hydrogen-bond donors (Lipinski definition) is 0. The second-order valence-electron chi connectivity index (χ2n) is 3.46. The van der Waals surface area contributed by atoms with Crippen LogP contribution < -0.4 is 4.74 Å². The standard InChI is InChI=1S/C10H12O.C6H10S/c1-3-4-9-5-7-10(11-2)8-6-9;1-3-5-7-6-4-2/h3,5-8H,1,4H2,2H3;3-4H,1-2,5-6H2. The van der Waals surface area contributed by atoms with Crippen molar-refractivity contribution in [2.75, 3.05) is 18.6 Å². The maximum absolute atomic E-state index is 5.02. The topological polar surface area (TPSA) is 9.23 Å². The number of rotatable bonds is 7. The van der Waals surface area contributed by atoms with Crippen LogP contribution in [-0.4, -0.2) is 18.6 Å². The highest BCUT2D eigenvalue weighted by Gasteiger charge is 1.90. The van der Waals surface area contributed by atoms with E-state index in [0.717, 1.165) is 23.7 Å². The van der Waals surface area contributed by atoms with Gasteiger partial charge in [0.1, 0.15) is 5.75 Å². The zero-order valence-corrected chi connectivity index (χ0v) is 11.9. The number of hydrogen-bond acceptors (Lipinski definition) is 2. The Balaban J connectivity index is 0.000000360. The number of benzene rings is 1. The fraction of sp³-hybridized carbons (Fsp3) is 0.250. The molecule has 0 aromatic heterocycles. The van der Waals surface area contributed by atoms with Gasteiger partial charge in [0.2, 0.25) is 0 Å². The van der Waals surface area contributed by atoms with Crippen molar-refractivity contribution in [3.05, 3.63) is 67.8 Å². The van der Waals surface area contributed by atoms with E-state index in [0.29, 0.717) is 0 Å². The van der Waals surface area contributed by atoms with Gasteiger partial charge in [-0.05, 0) is 24.1 Å². The Hall–Kier alpha value is -1.41. The third-order valence-corrected chi connectivity index (χ3v) is 2.95. The largest absolute Gasteiger partial charge is 0.497 e. The van der Waals surface area contributed by atoms with Crippen molar-refractivity contribution in [2.24, 2.45) is 0 Å². The molecule has 1 aromatic rings. The second kappa shape index (κ2) is 12.1. The maximum atomic E-state index is 5.02. The smallest absolute Gasteiger partial charge is 0.118 e. The van der Waals surface area contributed by atoms with Crippen LogP contribution in [0.3, 0.4) is 0 Å². The van der Waals surface area contributed by atoms with Crippen LogP contribution in [0.2, 0.25) is 0 Å². The first-order chi connectivity index (χ1) is 8.78. The molecule has 0 radical (unpaired) electrons. The number of allylic oxidation sites excluding steroid dienone is 1. The van der Waals surface area contributed by atoms with Crippen LogP contribution in [0.5, 0.6) is 5.75 Å². The Bertz CT molecular complexity index is 333. The summed E-state index contributed by atoms with van der Waals surface area (Å²) in [7, 11) is 1.67. The van der Waals surface area contributed by atoms with Crippen LogP contribution in [0.25, 0.3) is 0 Å². The van der Waals surface area contributed by atoms with Crippen molar-refractivity contribution in [1.82, 2.24) is 0 Å². The van der Waals surface area contributed by atoms with Gasteiger partial charge in [-0.15, -0.1) is 19.7 Å². The normalized spacial score (nSPS) is 8.72. The van der Waals surface area contributed by atoms with Gasteiger partial charge in [-0.2, -0.15) is 11.8 Å². The average Bonchev–Trinajstić information content (AvgIpc) is 2.41. The summed E-state index contributed by atoms with van der Waals surface area (Å²) in [6.07, 6.45) is 6.61. The number of methoxy groups -OCH3 is 1. The zero-order valence-electron chi connectivity index (χ0n) is 11.1. The van der Waals surface area contributed by atoms with Gasteiger partial charge >= 0.3 is 0 Å². The van der Waals surface area contributed by atoms with Crippen LogP contribution in [0.4, 0.5) is 0 Å². The van der Waals surface area contributed by atoms with Gasteiger partial charge < -0.3 is 4.74 Å². The van der Waals surface area contributed by atoms with Crippen LogP contribution >= 0.6 is 11.8 Å². The summed E-state index contributed by atoms with van der Waals surface area (Å²) in [6.45, 7) is 10.8. The first-order valence-electron chi connectivity index (χ1n) is 5.81. The molecular formula is C16H22OS. The number of thioether (sulfide) groups is 1. The summed E-state index contributed by atoms with van der Waals surface area (Å²) < 4.78 is 5.02. The van der Waals surface area contributed by atoms with Gasteiger partial charge in [0.15, 0.2) is 0 Å². The molecule has 0 aliphatic carbocycles. The molecule has 18 heavy (non-hydrogen) atoms. The first kappa shape index (κ1) is 16.6. The van der Waals surface area contributed by atoms with Gasteiger partial charge in [0, 0.05) is 11.5 Å². The van der Waals surface area contributed by atoms with Crippen molar-refractivity contribution in [3.8, 4) is 5.75 Å². The van der Waals surface area contributed by atoms with Gasteiger partial charge in [-0.3, -0.25) is 0 Å². The molecule has 0 aliphatic heterocycles. The molecule has 1 nitrogen and oxygen atoms in total. The van der Waals surface area contributed by atoms with E-state index in [2.05, 4.69) is 19.7 Å². The predicted molar refractivity (Wildman–Crippen MR) is 84.6 cm³/mol. The lowest BCUT2D eigenvalue weighted by Gasteiger charge is -1.99. The van der Waals surface area contributed by atoms with E-state index < -0.39 is 0 Å². The highest BCUT2D eigenvalue weighted by atomic mass is 32.2. The van der Waals surface area contributed by atoms with Crippen molar-refractivity contribution in [1.29, 1.82) is 0 Å². The summed E-state index contributed by atoms with van der Waals surface area (Å²) in [5, 5.41) is 0. The molecule has 0 N–H and O–H groups in total. The van der Waals surface area contributed by atoms with Gasteiger partial charge in [-0.25, -0.2) is 0 Å². The molecule has 0 aliphatic rings. The van der Waals surface area contributed by atoms with Gasteiger partial charge in [-0.1, -0.05) is 30.4 Å². The van der Waals surface area contributed by atoms with Crippen molar-refractivity contribution in [2.45, 2.75) is 6.42 Å². The molecule has 0 spiro atoms. The monoisotopic (exact) mass is 262 g/mol. The molecule has 0 fully saturated rings. The van der Waals surface area contributed by atoms with Crippen molar-refractivity contribution in [3.63, 3.8) is 0 Å². The number of ether oxygens (including phenoxy) is 1. The van der Waals surface area contributed by atoms with E-state index in [1.165, 1.54) is 5.56 Å². The van der Waals surface area contributed by atoms with E-state index in [1.54, 1.807) is 7.11 Å². The first-order valence-corrected chi connectivity index (χ1v) is 6.97. The molecule has 98 valence electrons. The molecule has 0 amide bonds. The molecule has 0 saturated heterocycles. The third kappa shape index (κ3) is 8.71. The summed E-state index contributed by atoms with van der Waals surface area (Å²) in [5.41, 5.74) is 1.26. The Kier molecular flexibility index (Phi) is 11.1. The van der Waals surface area contributed by atoms with Crippen molar-refractivity contribution >= 4 is 11.8 Å². The maximum Gasteiger partial charge on any atom is 0.118 e. The van der Waals surface area contributed by atoms with Crippen LogP contribution in [0, 0.1) is 0 Å². The predicted octanol–water partition coefficient (Wildman–Crippen LogP) is 4.52. The van der Waals surface area contributed by atoms with E-state index in [4.69, 9.17) is 4.74 Å². The van der Waals surface area contributed by atoms with Gasteiger partial charge in [0.05, 0.1) is 7.11 Å². The molecule has 0 unspecified atom stereocenters. The van der Waals surface area contributed by atoms with E-state index in [1.807, 2.05) is 54.3 Å². The molecule has 0 atom stereocenters. The molecule has 2 heteroatoms. The minimum absolute atomic E-state index is 0.901. The molecule has 0 bridgehead atoms. The summed E-state index contributed by atoms with van der Waals surface area (Å²) in [5.74, 6) is 2.97. The van der Waals surface area contributed by atoms with Crippen LogP contribution in [0.15, 0.2) is 62.2 Å². The molecule has 1 rings (SSSR count). The second-order valence-corrected chi connectivity index (χ2v) is 4.53. The highest BCUT2D eigenvalue weighted by molar-refractivity contribution is 7.99. The highest BCUT2D eigenvalue weighted by Crippen LogP contribution is 2.11. The van der Waals surface area contributed by atoms with E-state index in [9.17, 15) is 0 Å². The quantitative estimate of drug-likeness (QED) is 0.528. The van der Waals surface area contributed by atoms with Crippen molar-refractivity contribution < 1.29 is 4.74 Å². The summed E-state index contributed by atoms with van der Waals surface area (Å²) in [6, 6.07) is 8.00. The van der Waals surface area contributed by atoms with Crippen LogP contribution in [-0.2, 0) is 6.42 Å². The Morgan fingerprint density at radius 1 is 1.00 bits per heavy atom. The zero-order chi connectivity index (χ0) is 13.6. The Labute approximate surface area is 115 Å². The molecule has 0 saturated carbocycles. The van der Waals surface area contributed by atoms with E-state index >= 15 is 0 Å². The van der Waals surface area contributed by atoms with Gasteiger partial charge in [0.25, 0.3) is 0 Å². The average molecular weight is 262 g/mol. The molecule has 0 heterocycles. The fourth-order valence-electron chi connectivity index (χ4n) is 1.16. The minimum atomic E-state index is 0.901. The molecular weight excluding hydrogens is 240 g/mol. The lowest BCUT2D eigenvalue weighted by Crippen LogP contribution is -1.83. The third-order valence-electron chi connectivity index (χ3n) is 2.01. The van der Waals surface area contributed by atoms with E-state index in [-0.39, 0.29) is 0 Å². The Morgan fingerprint density at radius 2 is 1.56 bits per heavy atom. The molecule has 1 aromatic carbocycles. The Morgan fingerprint density at radius 3 is 1.94 bits per heavy atom. The lowest BCUT2D eigenvalue weighted by molar-refractivity contribution is 0.414. The fourth-order valence-corrected chi connectivity index (χ4v) is 1.63.